The highest BCUT2D eigenvalue weighted by molar-refractivity contribution is 6.33. The average Bonchev–Trinajstić information content (AvgIpc) is 1.25. The van der Waals surface area contributed by atoms with E-state index in [1.807, 2.05) is 26.0 Å². The molecule has 0 rings (SSSR count). The van der Waals surface area contributed by atoms with Crippen LogP contribution >= 0.6 is 0 Å². The summed E-state index contributed by atoms with van der Waals surface area (Å²) in [5.41, 5.74) is 0. The van der Waals surface area contributed by atoms with Gasteiger partial charge in [0.15, 0.2) is 0 Å². The number of halogens is 3. The van der Waals surface area contributed by atoms with E-state index in [-0.39, 0.29) is 5.48 Å². The van der Waals surface area contributed by atoms with Crippen molar-refractivity contribution in [2.24, 2.45) is 0 Å². The topological polar surface area (TPSA) is 34.7 Å². The molecule has 58 valence electrons. The van der Waals surface area contributed by atoms with Gasteiger partial charge >= 0.3 is 7.54 Å². The van der Waals surface area contributed by atoms with Crippen molar-refractivity contribution in [3.05, 3.63) is 0 Å². The van der Waals surface area contributed by atoms with Gasteiger partial charge in [-0.1, -0.05) is 0 Å². The Kier molecular flexibility index (Phi) is 18.9. The molecule has 2 nitrogen and oxygen atoms in total. The van der Waals surface area contributed by atoms with Crippen LogP contribution < -0.4 is 0 Å². The zero-order chi connectivity index (χ0) is 7.15. The molecule has 0 saturated heterocycles. The molecule has 2 N–H and O–H groups in total. The van der Waals surface area contributed by atoms with Gasteiger partial charge in [-0.05, 0) is 21.1 Å². The summed E-state index contributed by atoms with van der Waals surface area (Å²) < 4.78 is 29.0. The molecule has 0 aromatic rings. The fourth-order valence-corrected chi connectivity index (χ4v) is 0. The van der Waals surface area contributed by atoms with Crippen LogP contribution in [0.4, 0.5) is 12.9 Å². The highest BCUT2D eigenvalue weighted by Crippen LogP contribution is 1.80. The van der Waals surface area contributed by atoms with Gasteiger partial charge in [-0.2, -0.15) is 0 Å². The Morgan fingerprint density at radius 3 is 1.00 bits per heavy atom. The summed E-state index contributed by atoms with van der Waals surface area (Å²) in [6.45, 7) is 0. The molecule has 0 aliphatic carbocycles. The highest BCUT2D eigenvalue weighted by Gasteiger charge is 2.06. The third kappa shape index (κ3) is 5120. The summed E-state index contributed by atoms with van der Waals surface area (Å²) in [7, 11) is 2.33. The standard InChI is InChI=1S/C3H9N.BF3.H2O/c1-4(2)3;2-1(3)4;/h1-3H3;;1H2. The zero-order valence-corrected chi connectivity index (χ0v) is 5.66. The Morgan fingerprint density at radius 1 is 1.00 bits per heavy atom. The maximum atomic E-state index is 9.67. The van der Waals surface area contributed by atoms with Gasteiger partial charge in [-0.25, -0.2) is 0 Å². The van der Waals surface area contributed by atoms with E-state index in [1.54, 1.807) is 0 Å². The Balaban J connectivity index is -0.0000000720. The minimum atomic E-state index is -3.67. The van der Waals surface area contributed by atoms with Gasteiger partial charge in [-0.3, -0.25) is 12.9 Å². The van der Waals surface area contributed by atoms with Crippen molar-refractivity contribution in [1.82, 2.24) is 4.90 Å². The highest BCUT2D eigenvalue weighted by atomic mass is 19.4. The molecule has 0 atom stereocenters. The molecule has 0 unspecified atom stereocenters. The second-order valence-electron chi connectivity index (χ2n) is 1.59. The van der Waals surface area contributed by atoms with E-state index in [0.29, 0.717) is 0 Å². The summed E-state index contributed by atoms with van der Waals surface area (Å²) in [6.07, 6.45) is 0. The maximum absolute atomic E-state index is 9.67. The SMILES string of the molecule is CN(C)C.FB(F)F.O. The molecule has 9 heavy (non-hydrogen) atoms. The number of nitrogens with zero attached hydrogens (tertiary/aromatic N) is 1. The molecule has 0 saturated carbocycles. The molecule has 0 heterocycles. The Labute approximate surface area is 53.2 Å². The molecular formula is C3H11BF3NO. The lowest BCUT2D eigenvalue weighted by molar-refractivity contribution is 0.505. The van der Waals surface area contributed by atoms with Gasteiger partial charge in [0.1, 0.15) is 0 Å². The minimum absolute atomic E-state index is 0. The molecule has 0 amide bonds. The average molecular weight is 145 g/mol. The molecular weight excluding hydrogens is 134 g/mol. The van der Waals surface area contributed by atoms with Crippen molar-refractivity contribution in [2.75, 3.05) is 21.1 Å². The lowest BCUT2D eigenvalue weighted by Crippen LogP contribution is -1.99. The largest absolute Gasteiger partial charge is 0.762 e. The predicted molar refractivity (Wildman–Crippen MR) is 32.3 cm³/mol. The molecule has 0 aromatic heterocycles. The van der Waals surface area contributed by atoms with Gasteiger partial charge in [0.2, 0.25) is 0 Å². The van der Waals surface area contributed by atoms with E-state index in [0.717, 1.165) is 0 Å². The first kappa shape index (κ1) is 15.9. The van der Waals surface area contributed by atoms with E-state index in [9.17, 15) is 12.9 Å². The smallest absolute Gasteiger partial charge is 0.412 e. The second kappa shape index (κ2) is 10.7. The van der Waals surface area contributed by atoms with Crippen molar-refractivity contribution in [1.29, 1.82) is 0 Å². The van der Waals surface area contributed by atoms with Crippen LogP contribution in [-0.4, -0.2) is 39.1 Å². The van der Waals surface area contributed by atoms with Crippen molar-refractivity contribution in [3.63, 3.8) is 0 Å². The monoisotopic (exact) mass is 145 g/mol. The summed E-state index contributed by atoms with van der Waals surface area (Å²) >= 11 is 0. The van der Waals surface area contributed by atoms with Crippen molar-refractivity contribution in [3.8, 4) is 0 Å². The van der Waals surface area contributed by atoms with E-state index < -0.39 is 7.54 Å². The molecule has 6 heteroatoms. The van der Waals surface area contributed by atoms with Crippen LogP contribution in [0.3, 0.4) is 0 Å². The molecule has 0 aliphatic heterocycles. The van der Waals surface area contributed by atoms with Gasteiger partial charge < -0.3 is 10.4 Å². The van der Waals surface area contributed by atoms with Crippen LogP contribution in [0.1, 0.15) is 0 Å². The first-order valence-electron chi connectivity index (χ1n) is 2.00. The summed E-state index contributed by atoms with van der Waals surface area (Å²) in [6, 6.07) is 0. The Morgan fingerprint density at radius 2 is 1.00 bits per heavy atom. The first-order chi connectivity index (χ1) is 3.46. The van der Waals surface area contributed by atoms with Crippen molar-refractivity contribution in [2.45, 2.75) is 0 Å². The quantitative estimate of drug-likeness (QED) is 0.449. The van der Waals surface area contributed by atoms with E-state index in [4.69, 9.17) is 0 Å². The minimum Gasteiger partial charge on any atom is -0.412 e. The van der Waals surface area contributed by atoms with E-state index >= 15 is 0 Å². The molecule has 0 aliphatic rings. The summed E-state index contributed by atoms with van der Waals surface area (Å²) in [5.74, 6) is 0. The normalized spacial score (nSPS) is 7.00. The van der Waals surface area contributed by atoms with Gasteiger partial charge in [0, 0.05) is 0 Å². The van der Waals surface area contributed by atoms with E-state index in [1.165, 1.54) is 0 Å². The third-order valence-electron chi connectivity index (χ3n) is 0. The van der Waals surface area contributed by atoms with Crippen LogP contribution in [0.15, 0.2) is 0 Å². The maximum Gasteiger partial charge on any atom is 0.762 e. The van der Waals surface area contributed by atoms with E-state index in [2.05, 4.69) is 0 Å². The summed E-state index contributed by atoms with van der Waals surface area (Å²) in [5, 5.41) is 0. The van der Waals surface area contributed by atoms with Crippen LogP contribution in [0.2, 0.25) is 0 Å². The number of hydrogen-bond donors (Lipinski definition) is 0. The van der Waals surface area contributed by atoms with Crippen molar-refractivity contribution >= 4 is 7.54 Å². The molecule has 0 aromatic carbocycles. The predicted octanol–water partition coefficient (Wildman–Crippen LogP) is 0.233. The third-order valence-corrected chi connectivity index (χ3v) is 0. The van der Waals surface area contributed by atoms with Crippen LogP contribution in [0.25, 0.3) is 0 Å². The van der Waals surface area contributed by atoms with Crippen LogP contribution in [0, 0.1) is 0 Å². The summed E-state index contributed by atoms with van der Waals surface area (Å²) in [4.78, 5) is 2.00. The zero-order valence-electron chi connectivity index (χ0n) is 5.66. The Hall–Kier alpha value is -0.225. The van der Waals surface area contributed by atoms with Gasteiger partial charge in [-0.15, -0.1) is 0 Å². The second-order valence-corrected chi connectivity index (χ2v) is 1.59. The van der Waals surface area contributed by atoms with Crippen LogP contribution in [-0.2, 0) is 0 Å². The lowest BCUT2D eigenvalue weighted by atomic mass is 10.5. The number of rotatable bonds is 0. The molecule has 0 fully saturated rings. The molecule has 0 radical (unpaired) electrons. The van der Waals surface area contributed by atoms with Gasteiger partial charge in [0.25, 0.3) is 0 Å². The fraction of sp³-hybridized carbons (Fsp3) is 1.00. The van der Waals surface area contributed by atoms with Gasteiger partial charge in [0.05, 0.1) is 0 Å². The fourth-order valence-electron chi connectivity index (χ4n) is 0. The first-order valence-corrected chi connectivity index (χ1v) is 2.00. The lowest BCUT2D eigenvalue weighted by Gasteiger charge is -1.90. The molecule has 0 bridgehead atoms. The Bertz CT molecular complexity index is 34.5. The number of hydrogen-bond acceptors (Lipinski definition) is 1. The van der Waals surface area contributed by atoms with Crippen molar-refractivity contribution < 1.29 is 18.4 Å². The molecule has 0 spiro atoms. The van der Waals surface area contributed by atoms with Crippen LogP contribution in [0.5, 0.6) is 0 Å².